The zero-order chi connectivity index (χ0) is 13.1. The van der Waals surface area contributed by atoms with Gasteiger partial charge in [-0.15, -0.1) is 0 Å². The average molecular weight is 283 g/mol. The van der Waals surface area contributed by atoms with Gasteiger partial charge in [-0.25, -0.2) is 9.97 Å². The smallest absolute Gasteiger partial charge is 0.259 e. The molecule has 0 fully saturated rings. The fraction of sp³-hybridized carbons (Fsp3) is 0. The summed E-state index contributed by atoms with van der Waals surface area (Å²) in [5.74, 6) is -0.0913. The monoisotopic (exact) mass is 282 g/mol. The van der Waals surface area contributed by atoms with Crippen LogP contribution in [0.2, 0.25) is 10.2 Å². The third-order valence-electron chi connectivity index (χ3n) is 2.11. The van der Waals surface area contributed by atoms with Crippen molar-refractivity contribution >= 4 is 40.6 Å². The quantitative estimate of drug-likeness (QED) is 0.830. The summed E-state index contributed by atoms with van der Waals surface area (Å²) in [4.78, 5) is 19.7. The molecule has 0 aromatic carbocycles. The second-order valence-corrected chi connectivity index (χ2v) is 4.23. The van der Waals surface area contributed by atoms with E-state index in [-0.39, 0.29) is 16.4 Å². The molecule has 3 N–H and O–H groups in total. The molecule has 5 nitrogen and oxygen atoms in total. The molecule has 0 aliphatic carbocycles. The minimum absolute atomic E-state index is 0.188. The summed E-state index contributed by atoms with van der Waals surface area (Å²) >= 11 is 11.5. The molecule has 18 heavy (non-hydrogen) atoms. The number of nitrogen functional groups attached to an aromatic ring is 1. The number of carbonyl (C=O) groups is 1. The molecule has 0 atom stereocenters. The Balaban J connectivity index is 2.24. The van der Waals surface area contributed by atoms with Gasteiger partial charge in [0.1, 0.15) is 11.0 Å². The number of nitrogens with zero attached hydrogens (tertiary/aromatic N) is 2. The number of nitrogens with two attached hydrogens (primary N) is 1. The lowest BCUT2D eigenvalue weighted by Gasteiger charge is -2.06. The lowest BCUT2D eigenvalue weighted by Crippen LogP contribution is -2.15. The number of nitrogens with one attached hydrogen (secondary N) is 1. The molecular formula is C11H8Cl2N4O. The minimum atomic E-state index is -0.424. The Hall–Kier alpha value is -1.85. The first-order chi connectivity index (χ1) is 8.56. The number of rotatable bonds is 2. The summed E-state index contributed by atoms with van der Waals surface area (Å²) in [7, 11) is 0. The molecule has 7 heteroatoms. The molecule has 2 heterocycles. The SMILES string of the molecule is Nc1cnc(Cl)cc1C(=O)Nc1cc(Cl)ccn1. The normalized spacial score (nSPS) is 10.1. The van der Waals surface area contributed by atoms with Crippen molar-refractivity contribution in [1.29, 1.82) is 0 Å². The van der Waals surface area contributed by atoms with Crippen molar-refractivity contribution in [3.05, 3.63) is 46.3 Å². The topological polar surface area (TPSA) is 80.9 Å². The van der Waals surface area contributed by atoms with E-state index in [2.05, 4.69) is 15.3 Å². The van der Waals surface area contributed by atoms with Crippen LogP contribution in [0.15, 0.2) is 30.6 Å². The van der Waals surface area contributed by atoms with Crippen molar-refractivity contribution < 1.29 is 4.79 Å². The molecule has 1 amide bonds. The predicted octanol–water partition coefficient (Wildman–Crippen LogP) is 2.62. The third kappa shape index (κ3) is 2.88. The van der Waals surface area contributed by atoms with Gasteiger partial charge in [0.05, 0.1) is 17.4 Å². The van der Waals surface area contributed by atoms with E-state index in [1.165, 1.54) is 24.5 Å². The van der Waals surface area contributed by atoms with Crippen molar-refractivity contribution in [3.63, 3.8) is 0 Å². The van der Waals surface area contributed by atoms with E-state index in [1.54, 1.807) is 6.07 Å². The predicted molar refractivity (Wildman–Crippen MR) is 70.9 cm³/mol. The van der Waals surface area contributed by atoms with E-state index >= 15 is 0 Å². The van der Waals surface area contributed by atoms with Crippen LogP contribution >= 0.6 is 23.2 Å². The summed E-state index contributed by atoms with van der Waals surface area (Å²) in [6, 6.07) is 4.52. The molecule has 0 saturated carbocycles. The summed E-state index contributed by atoms with van der Waals surface area (Å²) in [6.45, 7) is 0. The maximum absolute atomic E-state index is 11.9. The number of pyridine rings is 2. The van der Waals surface area contributed by atoms with E-state index in [9.17, 15) is 4.79 Å². The van der Waals surface area contributed by atoms with E-state index in [1.807, 2.05) is 0 Å². The Kier molecular flexibility index (Phi) is 3.64. The van der Waals surface area contributed by atoms with Crippen LogP contribution in [0.4, 0.5) is 11.5 Å². The van der Waals surface area contributed by atoms with Gasteiger partial charge < -0.3 is 11.1 Å². The van der Waals surface area contributed by atoms with Crippen LogP contribution in [0.5, 0.6) is 0 Å². The van der Waals surface area contributed by atoms with Gasteiger partial charge in [-0.3, -0.25) is 4.79 Å². The van der Waals surface area contributed by atoms with Crippen LogP contribution < -0.4 is 11.1 Å². The van der Waals surface area contributed by atoms with Crippen LogP contribution in [-0.4, -0.2) is 15.9 Å². The summed E-state index contributed by atoms with van der Waals surface area (Å²) in [6.07, 6.45) is 2.81. The zero-order valence-electron chi connectivity index (χ0n) is 9.02. The van der Waals surface area contributed by atoms with Gasteiger partial charge in [-0.1, -0.05) is 23.2 Å². The fourth-order valence-electron chi connectivity index (χ4n) is 1.29. The fourth-order valence-corrected chi connectivity index (χ4v) is 1.61. The standard InChI is InChI=1S/C11H8Cl2N4O/c12-6-1-2-15-10(3-6)17-11(18)7-4-9(13)16-5-8(7)14/h1-5H,14H2,(H,15,17,18). The van der Waals surface area contributed by atoms with E-state index in [0.29, 0.717) is 10.8 Å². The lowest BCUT2D eigenvalue weighted by atomic mass is 10.2. The lowest BCUT2D eigenvalue weighted by molar-refractivity contribution is 0.102. The van der Waals surface area contributed by atoms with Crippen molar-refractivity contribution in [3.8, 4) is 0 Å². The molecule has 92 valence electrons. The van der Waals surface area contributed by atoms with Gasteiger partial charge in [-0.2, -0.15) is 0 Å². The molecule has 2 rings (SSSR count). The van der Waals surface area contributed by atoms with E-state index < -0.39 is 5.91 Å². The first kappa shape index (κ1) is 12.6. The van der Waals surface area contributed by atoms with Crippen LogP contribution in [0.1, 0.15) is 10.4 Å². The van der Waals surface area contributed by atoms with Crippen LogP contribution in [0.3, 0.4) is 0 Å². The van der Waals surface area contributed by atoms with E-state index in [0.717, 1.165) is 0 Å². The Morgan fingerprint density at radius 1 is 1.28 bits per heavy atom. The molecule has 0 saturated heterocycles. The summed E-state index contributed by atoms with van der Waals surface area (Å²) in [5, 5.41) is 3.23. The highest BCUT2D eigenvalue weighted by molar-refractivity contribution is 6.31. The second-order valence-electron chi connectivity index (χ2n) is 3.41. The Labute approximate surface area is 113 Å². The second kappa shape index (κ2) is 5.20. The van der Waals surface area contributed by atoms with Crippen LogP contribution in [-0.2, 0) is 0 Å². The highest BCUT2D eigenvalue weighted by Gasteiger charge is 2.12. The molecule has 0 spiro atoms. The molecular weight excluding hydrogens is 275 g/mol. The molecule has 0 bridgehead atoms. The number of anilines is 2. The Bertz CT molecular complexity index is 603. The van der Waals surface area contributed by atoms with Crippen molar-refractivity contribution in [2.75, 3.05) is 11.1 Å². The van der Waals surface area contributed by atoms with Gasteiger partial charge in [-0.05, 0) is 18.2 Å². The number of carbonyl (C=O) groups excluding carboxylic acids is 1. The Morgan fingerprint density at radius 2 is 2.06 bits per heavy atom. The third-order valence-corrected chi connectivity index (χ3v) is 2.55. The van der Waals surface area contributed by atoms with Gasteiger partial charge in [0.2, 0.25) is 0 Å². The van der Waals surface area contributed by atoms with Gasteiger partial charge in [0.25, 0.3) is 5.91 Å². The highest BCUT2D eigenvalue weighted by Crippen LogP contribution is 2.17. The van der Waals surface area contributed by atoms with Crippen LogP contribution in [0.25, 0.3) is 0 Å². The number of amides is 1. The van der Waals surface area contributed by atoms with Gasteiger partial charge >= 0.3 is 0 Å². The molecule has 0 aliphatic heterocycles. The summed E-state index contributed by atoms with van der Waals surface area (Å²) < 4.78 is 0. The number of aromatic nitrogens is 2. The number of hydrogen-bond acceptors (Lipinski definition) is 4. The molecule has 0 aliphatic rings. The van der Waals surface area contributed by atoms with Crippen molar-refractivity contribution in [2.45, 2.75) is 0 Å². The zero-order valence-corrected chi connectivity index (χ0v) is 10.5. The largest absolute Gasteiger partial charge is 0.397 e. The molecule has 2 aromatic heterocycles. The molecule has 2 aromatic rings. The average Bonchev–Trinajstić information content (AvgIpc) is 2.32. The maximum Gasteiger partial charge on any atom is 0.259 e. The molecule has 0 unspecified atom stereocenters. The van der Waals surface area contributed by atoms with Crippen LogP contribution in [0, 0.1) is 0 Å². The van der Waals surface area contributed by atoms with Crippen molar-refractivity contribution in [1.82, 2.24) is 9.97 Å². The first-order valence-electron chi connectivity index (χ1n) is 4.90. The maximum atomic E-state index is 11.9. The summed E-state index contributed by atoms with van der Waals surface area (Å²) in [5.41, 5.74) is 6.11. The minimum Gasteiger partial charge on any atom is -0.397 e. The highest BCUT2D eigenvalue weighted by atomic mass is 35.5. The molecule has 0 radical (unpaired) electrons. The van der Waals surface area contributed by atoms with E-state index in [4.69, 9.17) is 28.9 Å². The van der Waals surface area contributed by atoms with Gasteiger partial charge in [0, 0.05) is 11.2 Å². The first-order valence-corrected chi connectivity index (χ1v) is 5.66. The number of halogens is 2. The Morgan fingerprint density at radius 3 is 2.78 bits per heavy atom. The van der Waals surface area contributed by atoms with Crippen molar-refractivity contribution in [2.24, 2.45) is 0 Å². The van der Waals surface area contributed by atoms with Gasteiger partial charge in [0.15, 0.2) is 0 Å². The number of hydrogen-bond donors (Lipinski definition) is 2.